The van der Waals surface area contributed by atoms with Crippen molar-refractivity contribution in [1.82, 2.24) is 9.13 Å². The van der Waals surface area contributed by atoms with Gasteiger partial charge in [0.2, 0.25) is 0 Å². The fourth-order valence-electron chi connectivity index (χ4n) is 8.23. The van der Waals surface area contributed by atoms with Crippen molar-refractivity contribution in [3.8, 4) is 45.2 Å². The van der Waals surface area contributed by atoms with Crippen LogP contribution in [0.25, 0.3) is 76.6 Å². The first-order valence-corrected chi connectivity index (χ1v) is 21.5. The predicted molar refractivity (Wildman–Crippen MR) is 235 cm³/mol. The average Bonchev–Trinajstić information content (AvgIpc) is 4.05. The molecule has 0 saturated heterocycles. The molecule has 0 amide bonds. The zero-order valence-electron chi connectivity index (χ0n) is 32.1. The van der Waals surface area contributed by atoms with Crippen LogP contribution >= 0.6 is 22.7 Å². The molecule has 0 aliphatic heterocycles. The first-order chi connectivity index (χ1) is 27.6. The molecule has 0 unspecified atom stereocenters. The van der Waals surface area contributed by atoms with E-state index in [0.29, 0.717) is 0 Å². The van der Waals surface area contributed by atoms with E-state index in [1.807, 2.05) is 12.1 Å². The average molecular weight is 769 g/mol. The quantitative estimate of drug-likeness (QED) is 0.0721. The fourth-order valence-corrected chi connectivity index (χ4v) is 9.79. The highest BCUT2D eigenvalue weighted by atomic mass is 32.1. The van der Waals surface area contributed by atoms with Crippen molar-refractivity contribution in [1.29, 1.82) is 21.0 Å². The summed E-state index contributed by atoms with van der Waals surface area (Å²) in [4.78, 5) is 2.36. The van der Waals surface area contributed by atoms with Crippen molar-refractivity contribution in [3.63, 3.8) is 0 Å². The lowest BCUT2D eigenvalue weighted by molar-refractivity contribution is 0.584. The van der Waals surface area contributed by atoms with Crippen LogP contribution in [0.4, 0.5) is 0 Å². The summed E-state index contributed by atoms with van der Waals surface area (Å²) in [7, 11) is 0. The third-order valence-corrected chi connectivity index (χ3v) is 12.5. The van der Waals surface area contributed by atoms with Crippen molar-refractivity contribution in [2.24, 2.45) is 0 Å². The summed E-state index contributed by atoms with van der Waals surface area (Å²) < 4.78 is 5.07. The van der Waals surface area contributed by atoms with Gasteiger partial charge in [-0.2, -0.15) is 21.0 Å². The Labute approximate surface area is 337 Å². The van der Waals surface area contributed by atoms with Crippen molar-refractivity contribution >= 4 is 78.4 Å². The standard InChI is InChI=1S/C48H44N6S2/c1-3-5-7-9-11-21-53-39-19-17-33(25-35(29-49)30-50)27-37(39)43-46(42-16-14-24-56-42)48-44(45(47(43)53)41-15-13-23-55-41)38-28-34(26-36(31-51)32-52)18-20-40(38)54(48)22-12-10-8-6-4-2/h13-20,23-28H,3-12,21-22H2,1-2H3. The Balaban J connectivity index is 1.69. The Hall–Kier alpha value is -5.90. The smallest absolute Gasteiger partial charge is 0.130 e. The summed E-state index contributed by atoms with van der Waals surface area (Å²) in [6, 6.07) is 29.7. The molecule has 6 nitrogen and oxygen atoms in total. The topological polar surface area (TPSA) is 105 Å². The molecular formula is C48H44N6S2. The minimum absolute atomic E-state index is 0.0770. The summed E-state index contributed by atoms with van der Waals surface area (Å²) in [5.74, 6) is 0. The van der Waals surface area contributed by atoms with Gasteiger partial charge in [-0.05, 0) is 83.3 Å². The van der Waals surface area contributed by atoms with Gasteiger partial charge in [0, 0.05) is 66.5 Å². The Kier molecular flexibility index (Phi) is 12.1. The molecule has 0 aliphatic carbocycles. The van der Waals surface area contributed by atoms with E-state index in [1.54, 1.807) is 34.8 Å². The second-order valence-corrected chi connectivity index (χ2v) is 16.3. The highest BCUT2D eigenvalue weighted by Crippen LogP contribution is 2.52. The van der Waals surface area contributed by atoms with E-state index < -0.39 is 0 Å². The van der Waals surface area contributed by atoms with Gasteiger partial charge in [0.05, 0.1) is 11.0 Å². The summed E-state index contributed by atoms with van der Waals surface area (Å²) in [5.41, 5.74) is 8.84. The molecule has 4 aromatic heterocycles. The highest BCUT2D eigenvalue weighted by molar-refractivity contribution is 7.14. The van der Waals surface area contributed by atoms with Crippen LogP contribution in [-0.4, -0.2) is 9.13 Å². The molecule has 7 aromatic rings. The lowest BCUT2D eigenvalue weighted by Gasteiger charge is -2.17. The van der Waals surface area contributed by atoms with E-state index in [4.69, 9.17) is 0 Å². The van der Waals surface area contributed by atoms with Gasteiger partial charge in [0.1, 0.15) is 35.4 Å². The summed E-state index contributed by atoms with van der Waals surface area (Å²) in [6.45, 7) is 6.20. The van der Waals surface area contributed by atoms with Gasteiger partial charge in [0.15, 0.2) is 0 Å². The van der Waals surface area contributed by atoms with Crippen LogP contribution in [0.2, 0.25) is 0 Å². The number of hydrogen-bond acceptors (Lipinski definition) is 6. The number of hydrogen-bond donors (Lipinski definition) is 0. The molecule has 0 radical (unpaired) electrons. The molecule has 4 heterocycles. The van der Waals surface area contributed by atoms with E-state index in [-0.39, 0.29) is 11.1 Å². The van der Waals surface area contributed by atoms with Crippen LogP contribution in [0, 0.1) is 45.3 Å². The largest absolute Gasteiger partial charge is 0.340 e. The van der Waals surface area contributed by atoms with Crippen LogP contribution in [0.3, 0.4) is 0 Å². The van der Waals surface area contributed by atoms with Crippen LogP contribution in [-0.2, 0) is 13.1 Å². The number of benzene rings is 3. The number of aryl methyl sites for hydroxylation is 2. The van der Waals surface area contributed by atoms with Gasteiger partial charge in [-0.25, -0.2) is 0 Å². The number of thiophene rings is 2. The van der Waals surface area contributed by atoms with Crippen LogP contribution in [0.1, 0.15) is 89.2 Å². The molecule has 7 rings (SSSR count). The molecule has 0 aliphatic rings. The number of unbranched alkanes of at least 4 members (excludes halogenated alkanes) is 8. The molecule has 0 N–H and O–H groups in total. The number of nitrogens with zero attached hydrogens (tertiary/aromatic N) is 6. The Morgan fingerprint density at radius 1 is 0.554 bits per heavy atom. The number of rotatable bonds is 16. The van der Waals surface area contributed by atoms with Gasteiger partial charge in [-0.1, -0.05) is 89.5 Å². The SMILES string of the molecule is CCCCCCCn1c2ccc(C=C(C#N)C#N)cc2c2c(-c3cccs3)c3c(c(-c4cccs4)c21)c1cc(C=C(C#N)C#N)ccc1n3CCCCCCC. The third kappa shape index (κ3) is 7.40. The Morgan fingerprint density at radius 3 is 1.32 bits per heavy atom. The molecule has 0 atom stereocenters. The van der Waals surface area contributed by atoms with E-state index in [0.717, 1.165) is 71.7 Å². The minimum Gasteiger partial charge on any atom is -0.340 e. The van der Waals surface area contributed by atoms with E-state index in [2.05, 4.69) is 107 Å². The maximum atomic E-state index is 9.70. The summed E-state index contributed by atoms with van der Waals surface area (Å²) in [5, 5.41) is 47.7. The monoisotopic (exact) mass is 768 g/mol. The van der Waals surface area contributed by atoms with Crippen molar-refractivity contribution in [2.75, 3.05) is 0 Å². The first kappa shape index (κ1) is 38.4. The molecule has 3 aromatic carbocycles. The Bertz CT molecular complexity index is 2540. The minimum atomic E-state index is 0.0770. The lowest BCUT2D eigenvalue weighted by Crippen LogP contribution is -2.02. The van der Waals surface area contributed by atoms with E-state index >= 15 is 0 Å². The molecule has 0 bridgehead atoms. The molecular weight excluding hydrogens is 725 g/mol. The van der Waals surface area contributed by atoms with Crippen LogP contribution < -0.4 is 0 Å². The van der Waals surface area contributed by atoms with Crippen LogP contribution in [0.5, 0.6) is 0 Å². The van der Waals surface area contributed by atoms with Crippen LogP contribution in [0.15, 0.2) is 82.6 Å². The zero-order chi connectivity index (χ0) is 39.0. The number of fused-ring (bicyclic) bond motifs is 6. The van der Waals surface area contributed by atoms with E-state index in [9.17, 15) is 21.0 Å². The van der Waals surface area contributed by atoms with Crippen molar-refractivity contribution in [3.05, 3.63) is 93.7 Å². The van der Waals surface area contributed by atoms with E-state index in [1.165, 1.54) is 81.2 Å². The second-order valence-electron chi connectivity index (χ2n) is 14.4. The maximum Gasteiger partial charge on any atom is 0.130 e. The molecule has 56 heavy (non-hydrogen) atoms. The van der Waals surface area contributed by atoms with Crippen molar-refractivity contribution in [2.45, 2.75) is 91.1 Å². The van der Waals surface area contributed by atoms with Gasteiger partial charge in [-0.3, -0.25) is 0 Å². The van der Waals surface area contributed by atoms with Gasteiger partial charge >= 0.3 is 0 Å². The molecule has 8 heteroatoms. The number of allylic oxidation sites excluding steroid dienone is 2. The predicted octanol–water partition coefficient (Wildman–Crippen LogP) is 14.2. The number of nitriles is 4. The first-order valence-electron chi connectivity index (χ1n) is 19.8. The maximum absolute atomic E-state index is 9.70. The van der Waals surface area contributed by atoms with Gasteiger partial charge in [0.25, 0.3) is 0 Å². The number of aromatic nitrogens is 2. The van der Waals surface area contributed by atoms with Gasteiger partial charge in [-0.15, -0.1) is 22.7 Å². The highest BCUT2D eigenvalue weighted by Gasteiger charge is 2.29. The fraction of sp³-hybridized carbons (Fsp3) is 0.292. The second kappa shape index (κ2) is 17.7. The molecule has 278 valence electrons. The molecule has 0 spiro atoms. The Morgan fingerprint density at radius 2 is 0.964 bits per heavy atom. The third-order valence-electron chi connectivity index (χ3n) is 10.8. The zero-order valence-corrected chi connectivity index (χ0v) is 33.7. The molecule has 0 saturated carbocycles. The van der Waals surface area contributed by atoms with Crippen molar-refractivity contribution < 1.29 is 0 Å². The summed E-state index contributed by atoms with van der Waals surface area (Å²) >= 11 is 3.49. The normalized spacial score (nSPS) is 11.1. The van der Waals surface area contributed by atoms with Gasteiger partial charge < -0.3 is 9.13 Å². The molecule has 0 fully saturated rings. The lowest BCUT2D eigenvalue weighted by atomic mass is 9.94. The summed E-state index contributed by atoms with van der Waals surface area (Å²) in [6.07, 6.45) is 15.0.